The maximum Gasteiger partial charge on any atom is 0.337 e. The molecule has 0 aliphatic heterocycles. The molecule has 254 valence electrons. The molecular formula is C42H62O4. The second-order valence-electron chi connectivity index (χ2n) is 17.9. The van der Waals surface area contributed by atoms with Gasteiger partial charge in [0.25, 0.3) is 0 Å². The van der Waals surface area contributed by atoms with Crippen molar-refractivity contribution in [1.82, 2.24) is 0 Å². The van der Waals surface area contributed by atoms with Crippen molar-refractivity contribution in [3.8, 4) is 0 Å². The summed E-state index contributed by atoms with van der Waals surface area (Å²) in [5.41, 5.74) is 3.77. The zero-order valence-corrected chi connectivity index (χ0v) is 30.5. The lowest BCUT2D eigenvalue weighted by Crippen LogP contribution is -2.66. The first-order valence-corrected chi connectivity index (χ1v) is 18.8. The lowest BCUT2D eigenvalue weighted by molar-refractivity contribution is -0.231. The van der Waals surface area contributed by atoms with Crippen LogP contribution in [0.5, 0.6) is 0 Å². The largest absolute Gasteiger partial charge is 0.465 e. The molecule has 4 fully saturated rings. The van der Waals surface area contributed by atoms with Crippen LogP contribution in [0.4, 0.5) is 0 Å². The first-order chi connectivity index (χ1) is 21.7. The van der Waals surface area contributed by atoms with Crippen LogP contribution >= 0.6 is 0 Å². The molecule has 9 atom stereocenters. The molecule has 0 radical (unpaired) electrons. The average molecular weight is 631 g/mol. The van der Waals surface area contributed by atoms with Crippen LogP contribution in [0.2, 0.25) is 0 Å². The molecular weight excluding hydrogens is 568 g/mol. The molecule has 4 saturated carbocycles. The number of hydrogen-bond acceptors (Lipinski definition) is 4. The van der Waals surface area contributed by atoms with Crippen LogP contribution in [0.25, 0.3) is 5.57 Å². The number of fused-ring (bicyclic) bond motifs is 7. The number of ether oxygens (including phenoxy) is 2. The van der Waals surface area contributed by atoms with Crippen LogP contribution in [-0.2, 0) is 14.3 Å². The highest BCUT2D eigenvalue weighted by molar-refractivity contribution is 5.90. The maximum atomic E-state index is 14.1. The fourth-order valence-electron chi connectivity index (χ4n) is 13.2. The van der Waals surface area contributed by atoms with Gasteiger partial charge in [-0.2, -0.15) is 0 Å². The zero-order chi connectivity index (χ0) is 33.3. The minimum absolute atomic E-state index is 0.0387. The summed E-state index contributed by atoms with van der Waals surface area (Å²) in [7, 11) is 1.44. The average Bonchev–Trinajstić information content (AvgIpc) is 3.42. The van der Waals surface area contributed by atoms with Gasteiger partial charge in [-0.25, -0.2) is 4.79 Å². The van der Waals surface area contributed by atoms with Gasteiger partial charge in [0.05, 0.1) is 24.7 Å². The third kappa shape index (κ3) is 4.72. The van der Waals surface area contributed by atoms with Crippen LogP contribution < -0.4 is 0 Å². The molecule has 5 aliphatic rings. The number of carbonyl (C=O) groups is 2. The molecule has 0 aromatic heterocycles. The number of esters is 2. The monoisotopic (exact) mass is 630 g/mol. The minimum atomic E-state index is -0.280. The Morgan fingerprint density at radius 3 is 2.24 bits per heavy atom. The number of unbranched alkanes of at least 4 members (excludes halogenated alkanes) is 1. The van der Waals surface area contributed by atoms with E-state index >= 15 is 0 Å². The van der Waals surface area contributed by atoms with Gasteiger partial charge in [0, 0.05) is 0 Å². The van der Waals surface area contributed by atoms with Gasteiger partial charge in [-0.3, -0.25) is 4.79 Å². The van der Waals surface area contributed by atoms with Gasteiger partial charge in [0.2, 0.25) is 0 Å². The van der Waals surface area contributed by atoms with Gasteiger partial charge in [-0.05, 0) is 145 Å². The second-order valence-corrected chi connectivity index (χ2v) is 17.9. The van der Waals surface area contributed by atoms with Crippen molar-refractivity contribution in [3.63, 3.8) is 0 Å². The van der Waals surface area contributed by atoms with Crippen molar-refractivity contribution in [2.24, 2.45) is 62.6 Å². The Kier molecular flexibility index (Phi) is 8.67. The lowest BCUT2D eigenvalue weighted by atomic mass is 9.32. The molecule has 4 heteroatoms. The van der Waals surface area contributed by atoms with E-state index in [1.165, 1.54) is 50.4 Å². The Balaban J connectivity index is 1.32. The summed E-state index contributed by atoms with van der Waals surface area (Å²) < 4.78 is 11.1. The normalized spacial score (nSPS) is 41.0. The second kappa shape index (κ2) is 11.8. The molecule has 0 saturated heterocycles. The highest BCUT2D eigenvalue weighted by Gasteiger charge is 2.71. The van der Waals surface area contributed by atoms with Gasteiger partial charge in [0.1, 0.15) is 0 Å². The van der Waals surface area contributed by atoms with E-state index in [0.29, 0.717) is 47.7 Å². The Labute approximate surface area is 279 Å². The number of benzene rings is 1. The zero-order valence-electron chi connectivity index (χ0n) is 30.5. The fourth-order valence-corrected chi connectivity index (χ4v) is 13.2. The predicted octanol–water partition coefficient (Wildman–Crippen LogP) is 10.5. The van der Waals surface area contributed by atoms with Gasteiger partial charge in [-0.15, -0.1) is 0 Å². The van der Waals surface area contributed by atoms with E-state index in [-0.39, 0.29) is 39.0 Å². The summed E-state index contributed by atoms with van der Waals surface area (Å²) in [6, 6.07) is 8.08. The maximum absolute atomic E-state index is 14.1. The first-order valence-electron chi connectivity index (χ1n) is 18.8. The fraction of sp³-hybridized carbons (Fsp3) is 0.762. The standard InChI is InChI=1S/C42H62O4/c1-10-11-26-46-37(44)42-23-18-30(27(2)3)35(42)32-16-17-34-39(6)21-19-31(28-12-14-29(15-13-28)36(43)45-9)38(4,5)33(39)20-22-41(34,8)40(32,7)24-25-42/h12-15,19,27,30,32-35H,10-11,16-18,20-26H2,1-9H3/t30-,32+,33-,34+,35+,39-,40+,41+,42-/m0/s1. The van der Waals surface area contributed by atoms with Gasteiger partial charge in [-0.1, -0.05) is 80.0 Å². The van der Waals surface area contributed by atoms with E-state index in [2.05, 4.69) is 73.6 Å². The molecule has 0 bridgehead atoms. The summed E-state index contributed by atoms with van der Waals surface area (Å²) in [5, 5.41) is 0. The highest BCUT2D eigenvalue weighted by atomic mass is 16.5. The van der Waals surface area contributed by atoms with E-state index in [4.69, 9.17) is 9.47 Å². The third-order valence-electron chi connectivity index (χ3n) is 15.7. The molecule has 6 rings (SSSR count). The Morgan fingerprint density at radius 1 is 0.870 bits per heavy atom. The number of rotatable bonds is 7. The molecule has 0 unspecified atom stereocenters. The number of allylic oxidation sites excluding steroid dienone is 2. The van der Waals surface area contributed by atoms with Crippen LogP contribution in [0.3, 0.4) is 0 Å². The smallest absolute Gasteiger partial charge is 0.337 e. The molecule has 0 heterocycles. The summed E-state index contributed by atoms with van der Waals surface area (Å²) >= 11 is 0. The predicted molar refractivity (Wildman–Crippen MR) is 186 cm³/mol. The van der Waals surface area contributed by atoms with Crippen LogP contribution in [0.1, 0.15) is 142 Å². The topological polar surface area (TPSA) is 52.6 Å². The van der Waals surface area contributed by atoms with E-state index in [0.717, 1.165) is 38.5 Å². The molecule has 1 aromatic carbocycles. The summed E-state index contributed by atoms with van der Waals surface area (Å²) in [6.45, 7) is 20.5. The Morgan fingerprint density at radius 2 is 1.59 bits per heavy atom. The van der Waals surface area contributed by atoms with Crippen molar-refractivity contribution in [2.75, 3.05) is 13.7 Å². The van der Waals surface area contributed by atoms with Gasteiger partial charge in [0.15, 0.2) is 0 Å². The highest BCUT2D eigenvalue weighted by Crippen LogP contribution is 2.77. The van der Waals surface area contributed by atoms with E-state index in [1.807, 2.05) is 12.1 Å². The summed E-state index contributed by atoms with van der Waals surface area (Å²) in [5.74, 6) is 3.38. The van der Waals surface area contributed by atoms with Crippen LogP contribution in [0, 0.1) is 62.6 Å². The molecule has 46 heavy (non-hydrogen) atoms. The molecule has 5 aliphatic carbocycles. The number of methoxy groups -OCH3 is 1. The summed E-state index contributed by atoms with van der Waals surface area (Å²) in [6.07, 6.45) is 15.1. The molecule has 1 aromatic rings. The lowest BCUT2D eigenvalue weighted by Gasteiger charge is -2.72. The van der Waals surface area contributed by atoms with E-state index in [9.17, 15) is 9.59 Å². The van der Waals surface area contributed by atoms with Crippen molar-refractivity contribution < 1.29 is 19.1 Å². The Bertz CT molecular complexity index is 1360. The van der Waals surface area contributed by atoms with Gasteiger partial charge >= 0.3 is 11.9 Å². The SMILES string of the molecule is CCCCOC(=O)[C@]12CC[C@@H](C(C)C)[C@@H]1[C@H]1CC[C@@H]3[C@@]4(C)CC=C(c5ccc(C(=O)OC)cc5)C(C)(C)[C@@H]4CC[C@@]3(C)[C@]1(C)CC2. The van der Waals surface area contributed by atoms with Crippen molar-refractivity contribution in [1.29, 1.82) is 0 Å². The number of hydrogen-bond donors (Lipinski definition) is 0. The van der Waals surface area contributed by atoms with Crippen molar-refractivity contribution in [3.05, 3.63) is 41.5 Å². The molecule has 4 nitrogen and oxygen atoms in total. The Hall–Kier alpha value is -2.10. The first kappa shape index (κ1) is 33.8. The van der Waals surface area contributed by atoms with Gasteiger partial charge < -0.3 is 9.47 Å². The molecule has 0 N–H and O–H groups in total. The number of carbonyl (C=O) groups excluding carboxylic acids is 2. The van der Waals surface area contributed by atoms with Crippen molar-refractivity contribution >= 4 is 17.5 Å². The van der Waals surface area contributed by atoms with E-state index in [1.54, 1.807) is 0 Å². The van der Waals surface area contributed by atoms with Crippen molar-refractivity contribution in [2.45, 2.75) is 126 Å². The minimum Gasteiger partial charge on any atom is -0.465 e. The molecule has 0 spiro atoms. The van der Waals surface area contributed by atoms with E-state index < -0.39 is 0 Å². The molecule has 0 amide bonds. The van der Waals surface area contributed by atoms with Crippen LogP contribution in [-0.4, -0.2) is 25.7 Å². The quantitative estimate of drug-likeness (QED) is 0.222. The third-order valence-corrected chi connectivity index (χ3v) is 15.7. The van der Waals surface area contributed by atoms with Crippen LogP contribution in [0.15, 0.2) is 30.3 Å². The summed E-state index contributed by atoms with van der Waals surface area (Å²) in [4.78, 5) is 26.2.